The second-order valence-electron chi connectivity index (χ2n) is 5.61. The van der Waals surface area contributed by atoms with E-state index in [0.29, 0.717) is 24.4 Å². The summed E-state index contributed by atoms with van der Waals surface area (Å²) in [4.78, 5) is 12.2. The minimum absolute atomic E-state index is 0.200. The van der Waals surface area contributed by atoms with E-state index in [1.807, 2.05) is 13.0 Å². The van der Waals surface area contributed by atoms with Gasteiger partial charge in [-0.1, -0.05) is 13.0 Å². The summed E-state index contributed by atoms with van der Waals surface area (Å²) in [5.74, 6) is -0.200. The van der Waals surface area contributed by atoms with Gasteiger partial charge in [0.05, 0.1) is 4.90 Å². The summed E-state index contributed by atoms with van der Waals surface area (Å²) in [7, 11) is -3.61. The number of amides is 1. The number of rotatable bonds is 3. The van der Waals surface area contributed by atoms with Crippen molar-refractivity contribution in [3.05, 3.63) is 29.3 Å². The Labute approximate surface area is 125 Å². The number of nitrogens with zero attached hydrogens (tertiary/aromatic N) is 1. The van der Waals surface area contributed by atoms with Gasteiger partial charge < -0.3 is 5.32 Å². The Balaban J connectivity index is 1.97. The fraction of sp³-hybridized carbons (Fsp3) is 0.533. The summed E-state index contributed by atoms with van der Waals surface area (Å²) in [6.45, 7) is 2.55. The van der Waals surface area contributed by atoms with Crippen LogP contribution in [0, 0.1) is 0 Å². The number of hydrogen-bond donors (Lipinski definition) is 1. The number of piperazine rings is 1. The normalized spacial score (nSPS) is 22.9. The average Bonchev–Trinajstić information content (AvgIpc) is 2.94. The van der Waals surface area contributed by atoms with Crippen molar-refractivity contribution in [3.63, 3.8) is 0 Å². The monoisotopic (exact) mass is 308 g/mol. The maximum Gasteiger partial charge on any atom is 0.243 e. The van der Waals surface area contributed by atoms with Crippen LogP contribution in [0.5, 0.6) is 0 Å². The van der Waals surface area contributed by atoms with Gasteiger partial charge in [-0.15, -0.1) is 0 Å². The van der Waals surface area contributed by atoms with Gasteiger partial charge in [-0.25, -0.2) is 8.42 Å². The van der Waals surface area contributed by atoms with Gasteiger partial charge in [-0.2, -0.15) is 4.31 Å². The molecule has 1 aliphatic carbocycles. The third-order valence-electron chi connectivity index (χ3n) is 4.34. The highest BCUT2D eigenvalue weighted by Gasteiger charge is 2.37. The number of hydrogen-bond acceptors (Lipinski definition) is 3. The van der Waals surface area contributed by atoms with Gasteiger partial charge in [0.1, 0.15) is 6.04 Å². The lowest BCUT2D eigenvalue weighted by molar-refractivity contribution is -0.126. The minimum Gasteiger partial charge on any atom is -0.353 e. The third-order valence-corrected chi connectivity index (χ3v) is 6.25. The largest absolute Gasteiger partial charge is 0.353 e. The van der Waals surface area contributed by atoms with Crippen molar-refractivity contribution in [1.29, 1.82) is 0 Å². The smallest absolute Gasteiger partial charge is 0.243 e. The Morgan fingerprint density at radius 2 is 2.05 bits per heavy atom. The van der Waals surface area contributed by atoms with Crippen molar-refractivity contribution in [2.24, 2.45) is 0 Å². The highest BCUT2D eigenvalue weighted by Crippen LogP contribution is 2.27. The number of nitrogens with one attached hydrogen (secondary N) is 1. The Morgan fingerprint density at radius 1 is 1.29 bits per heavy atom. The third kappa shape index (κ3) is 2.46. The standard InChI is InChI=1S/C15H20N2O3S/c1-2-14-15(18)16-8-9-17(14)21(19,20)13-7-6-11-4-3-5-12(11)10-13/h6-7,10,14H,2-5,8-9H2,1H3,(H,16,18). The molecule has 1 aliphatic heterocycles. The molecule has 2 aliphatic rings. The molecule has 0 bridgehead atoms. The molecule has 0 aromatic heterocycles. The number of fused-ring (bicyclic) bond motifs is 1. The zero-order valence-electron chi connectivity index (χ0n) is 12.1. The van der Waals surface area contributed by atoms with Gasteiger partial charge in [0.25, 0.3) is 0 Å². The van der Waals surface area contributed by atoms with Crippen molar-refractivity contribution >= 4 is 15.9 Å². The van der Waals surface area contributed by atoms with Gasteiger partial charge >= 0.3 is 0 Å². The van der Waals surface area contributed by atoms with Gasteiger partial charge in [0, 0.05) is 13.1 Å². The van der Waals surface area contributed by atoms with E-state index in [9.17, 15) is 13.2 Å². The lowest BCUT2D eigenvalue weighted by Gasteiger charge is -2.33. The quantitative estimate of drug-likeness (QED) is 0.908. The highest BCUT2D eigenvalue weighted by atomic mass is 32.2. The zero-order valence-corrected chi connectivity index (χ0v) is 12.9. The number of benzene rings is 1. The van der Waals surface area contributed by atoms with Crippen LogP contribution in [-0.4, -0.2) is 37.8 Å². The molecule has 1 unspecified atom stereocenters. The maximum absolute atomic E-state index is 12.8. The topological polar surface area (TPSA) is 66.5 Å². The molecule has 1 atom stereocenters. The van der Waals surface area contributed by atoms with Crippen molar-refractivity contribution in [2.75, 3.05) is 13.1 Å². The maximum atomic E-state index is 12.8. The second kappa shape index (κ2) is 5.42. The summed E-state index contributed by atoms with van der Waals surface area (Å²) in [6, 6.07) is 4.78. The molecule has 1 N–H and O–H groups in total. The van der Waals surface area contributed by atoms with Crippen molar-refractivity contribution in [2.45, 2.75) is 43.5 Å². The lowest BCUT2D eigenvalue weighted by Crippen LogP contribution is -2.56. The number of sulfonamides is 1. The summed E-state index contributed by atoms with van der Waals surface area (Å²) in [5.41, 5.74) is 2.38. The van der Waals surface area contributed by atoms with Gasteiger partial charge in [-0.05, 0) is 48.9 Å². The summed E-state index contributed by atoms with van der Waals surface area (Å²) in [6.07, 6.45) is 3.54. The molecule has 1 aromatic rings. The molecule has 5 nitrogen and oxygen atoms in total. The predicted octanol–water partition coefficient (Wildman–Crippen LogP) is 1.07. The minimum atomic E-state index is -3.61. The first-order chi connectivity index (χ1) is 10.0. The Kier molecular flexibility index (Phi) is 3.75. The number of carbonyl (C=O) groups excluding carboxylic acids is 1. The summed E-state index contributed by atoms with van der Waals surface area (Å²) in [5, 5.41) is 2.73. The molecule has 6 heteroatoms. The van der Waals surface area contributed by atoms with Crippen LogP contribution >= 0.6 is 0 Å². The van der Waals surface area contributed by atoms with Crippen LogP contribution in [0.1, 0.15) is 30.9 Å². The van der Waals surface area contributed by atoms with Crippen LogP contribution in [-0.2, 0) is 27.7 Å². The first-order valence-electron chi connectivity index (χ1n) is 7.45. The molecule has 114 valence electrons. The molecule has 1 saturated heterocycles. The molecule has 3 rings (SSSR count). The van der Waals surface area contributed by atoms with Crippen LogP contribution < -0.4 is 5.32 Å². The molecule has 0 spiro atoms. The van der Waals surface area contributed by atoms with E-state index in [4.69, 9.17) is 0 Å². The van der Waals surface area contributed by atoms with Crippen LogP contribution in [0.4, 0.5) is 0 Å². The number of carbonyl (C=O) groups is 1. The second-order valence-corrected chi connectivity index (χ2v) is 7.51. The average molecular weight is 308 g/mol. The summed E-state index contributed by atoms with van der Waals surface area (Å²) >= 11 is 0. The van der Waals surface area contributed by atoms with E-state index < -0.39 is 16.1 Å². The van der Waals surface area contributed by atoms with Crippen LogP contribution in [0.2, 0.25) is 0 Å². The fourth-order valence-corrected chi connectivity index (χ4v) is 4.93. The Morgan fingerprint density at radius 3 is 2.81 bits per heavy atom. The fourth-order valence-electron chi connectivity index (χ4n) is 3.21. The van der Waals surface area contributed by atoms with Crippen molar-refractivity contribution in [3.8, 4) is 0 Å². The van der Waals surface area contributed by atoms with Gasteiger partial charge in [0.15, 0.2) is 0 Å². The SMILES string of the molecule is CCC1C(=O)NCCN1S(=O)(=O)c1ccc2c(c1)CCC2. The molecule has 0 radical (unpaired) electrons. The van der Waals surface area contributed by atoms with E-state index in [2.05, 4.69) is 5.32 Å². The summed E-state index contributed by atoms with van der Waals surface area (Å²) < 4.78 is 27.0. The van der Waals surface area contributed by atoms with Crippen LogP contribution in [0.3, 0.4) is 0 Å². The molecular weight excluding hydrogens is 288 g/mol. The van der Waals surface area contributed by atoms with E-state index >= 15 is 0 Å². The Hall–Kier alpha value is -1.40. The van der Waals surface area contributed by atoms with E-state index in [0.717, 1.165) is 24.8 Å². The number of aryl methyl sites for hydroxylation is 2. The lowest BCUT2D eigenvalue weighted by atomic mass is 10.1. The predicted molar refractivity (Wildman–Crippen MR) is 79.4 cm³/mol. The zero-order chi connectivity index (χ0) is 15.0. The highest BCUT2D eigenvalue weighted by molar-refractivity contribution is 7.89. The molecule has 1 fully saturated rings. The van der Waals surface area contributed by atoms with Crippen molar-refractivity contribution < 1.29 is 13.2 Å². The molecule has 21 heavy (non-hydrogen) atoms. The van der Waals surface area contributed by atoms with E-state index in [1.165, 1.54) is 9.87 Å². The van der Waals surface area contributed by atoms with E-state index in [-0.39, 0.29) is 5.91 Å². The van der Waals surface area contributed by atoms with Crippen molar-refractivity contribution in [1.82, 2.24) is 9.62 Å². The molecule has 1 heterocycles. The molecule has 1 amide bonds. The molecule has 1 aromatic carbocycles. The van der Waals surface area contributed by atoms with E-state index in [1.54, 1.807) is 12.1 Å². The molecular formula is C15H20N2O3S. The first kappa shape index (κ1) is 14.5. The van der Waals surface area contributed by atoms with Crippen LogP contribution in [0.15, 0.2) is 23.1 Å². The molecule has 0 saturated carbocycles. The van der Waals surface area contributed by atoms with Gasteiger partial charge in [0.2, 0.25) is 15.9 Å². The Bertz CT molecular complexity index is 669. The van der Waals surface area contributed by atoms with Gasteiger partial charge in [-0.3, -0.25) is 4.79 Å². The van der Waals surface area contributed by atoms with Crippen LogP contribution in [0.25, 0.3) is 0 Å². The first-order valence-corrected chi connectivity index (χ1v) is 8.89.